The Labute approximate surface area is 102 Å². The molecule has 4 heteroatoms. The summed E-state index contributed by atoms with van der Waals surface area (Å²) in [6.07, 6.45) is 0. The van der Waals surface area contributed by atoms with E-state index in [1.165, 1.54) is 7.11 Å². The first-order valence-electron chi connectivity index (χ1n) is 5.88. The first kappa shape index (κ1) is 11.9. The molecule has 1 heterocycles. The van der Waals surface area contributed by atoms with Gasteiger partial charge in [-0.25, -0.2) is 4.79 Å². The third kappa shape index (κ3) is 2.58. The molecule has 0 radical (unpaired) electrons. The molecule has 1 saturated heterocycles. The number of hydrogen-bond donors (Lipinski definition) is 1. The Bertz CT molecular complexity index is 406. The minimum atomic E-state index is -0.283. The van der Waals surface area contributed by atoms with Gasteiger partial charge in [-0.3, -0.25) is 0 Å². The van der Waals surface area contributed by atoms with E-state index < -0.39 is 0 Å². The Morgan fingerprint density at radius 2 is 2.35 bits per heavy atom. The average Bonchev–Trinajstić information content (AvgIpc) is 2.38. The van der Waals surface area contributed by atoms with Crippen molar-refractivity contribution in [3.05, 3.63) is 29.8 Å². The number of nitrogens with one attached hydrogen (secondary N) is 1. The minimum absolute atomic E-state index is 0.283. The molecule has 2 rings (SSSR count). The molecule has 1 aromatic carbocycles. The number of benzene rings is 1. The Hall–Kier alpha value is -1.55. The zero-order chi connectivity index (χ0) is 12.3. The van der Waals surface area contributed by atoms with Crippen LogP contribution in [0.1, 0.15) is 17.3 Å². The van der Waals surface area contributed by atoms with Crippen molar-refractivity contribution in [3.8, 4) is 0 Å². The molecule has 0 bridgehead atoms. The summed E-state index contributed by atoms with van der Waals surface area (Å²) in [5.41, 5.74) is 1.69. The lowest BCUT2D eigenvalue weighted by Crippen LogP contribution is -2.49. The van der Waals surface area contributed by atoms with E-state index >= 15 is 0 Å². The lowest BCUT2D eigenvalue weighted by Gasteiger charge is -2.36. The molecule has 17 heavy (non-hydrogen) atoms. The quantitative estimate of drug-likeness (QED) is 0.782. The molecule has 92 valence electrons. The lowest BCUT2D eigenvalue weighted by molar-refractivity contribution is 0.0601. The third-order valence-corrected chi connectivity index (χ3v) is 3.10. The highest BCUT2D eigenvalue weighted by molar-refractivity contribution is 5.90. The molecule has 4 nitrogen and oxygen atoms in total. The first-order valence-corrected chi connectivity index (χ1v) is 5.88. The summed E-state index contributed by atoms with van der Waals surface area (Å²) >= 11 is 0. The van der Waals surface area contributed by atoms with Crippen LogP contribution >= 0.6 is 0 Å². The molecule has 0 aromatic heterocycles. The molecule has 0 amide bonds. The molecule has 1 N–H and O–H groups in total. The third-order valence-electron chi connectivity index (χ3n) is 3.10. The van der Waals surface area contributed by atoms with E-state index in [1.54, 1.807) is 6.07 Å². The van der Waals surface area contributed by atoms with Gasteiger partial charge in [0.2, 0.25) is 0 Å². The molecular weight excluding hydrogens is 216 g/mol. The van der Waals surface area contributed by atoms with Crippen molar-refractivity contribution in [2.45, 2.75) is 13.0 Å². The Balaban J connectivity index is 2.23. The van der Waals surface area contributed by atoms with Crippen molar-refractivity contribution in [1.29, 1.82) is 0 Å². The Morgan fingerprint density at radius 1 is 1.53 bits per heavy atom. The van der Waals surface area contributed by atoms with Gasteiger partial charge >= 0.3 is 5.97 Å². The first-order chi connectivity index (χ1) is 8.22. The maximum absolute atomic E-state index is 11.5. The summed E-state index contributed by atoms with van der Waals surface area (Å²) in [5.74, 6) is -0.283. The maximum atomic E-state index is 11.5. The van der Waals surface area contributed by atoms with E-state index in [9.17, 15) is 4.79 Å². The van der Waals surface area contributed by atoms with Crippen molar-refractivity contribution >= 4 is 11.7 Å². The van der Waals surface area contributed by atoms with E-state index in [4.69, 9.17) is 4.74 Å². The number of carbonyl (C=O) groups excluding carboxylic acids is 1. The van der Waals surface area contributed by atoms with Gasteiger partial charge in [-0.2, -0.15) is 0 Å². The lowest BCUT2D eigenvalue weighted by atomic mass is 10.1. The van der Waals surface area contributed by atoms with Crippen molar-refractivity contribution < 1.29 is 9.53 Å². The maximum Gasteiger partial charge on any atom is 0.337 e. The van der Waals surface area contributed by atoms with Gasteiger partial charge in [0.1, 0.15) is 0 Å². The van der Waals surface area contributed by atoms with Crippen LogP contribution in [-0.4, -0.2) is 38.8 Å². The van der Waals surface area contributed by atoms with Gasteiger partial charge in [-0.05, 0) is 25.1 Å². The molecule has 1 aliphatic rings. The molecular formula is C13H18N2O2. The van der Waals surface area contributed by atoms with E-state index in [1.807, 2.05) is 18.2 Å². The predicted octanol–water partition coefficient (Wildman–Crippen LogP) is 1.27. The molecule has 0 aliphatic carbocycles. The van der Waals surface area contributed by atoms with Crippen LogP contribution in [-0.2, 0) is 4.74 Å². The molecule has 1 fully saturated rings. The van der Waals surface area contributed by atoms with Crippen LogP contribution in [0.25, 0.3) is 0 Å². The summed E-state index contributed by atoms with van der Waals surface area (Å²) in [5, 5.41) is 3.35. The largest absolute Gasteiger partial charge is 0.465 e. The number of rotatable bonds is 2. The highest BCUT2D eigenvalue weighted by Gasteiger charge is 2.19. The van der Waals surface area contributed by atoms with Crippen LogP contribution in [0.2, 0.25) is 0 Å². The van der Waals surface area contributed by atoms with Gasteiger partial charge in [-0.15, -0.1) is 0 Å². The van der Waals surface area contributed by atoms with Crippen molar-refractivity contribution in [1.82, 2.24) is 5.32 Å². The van der Waals surface area contributed by atoms with Crippen molar-refractivity contribution in [2.24, 2.45) is 0 Å². The number of hydrogen-bond acceptors (Lipinski definition) is 4. The molecule has 1 aliphatic heterocycles. The highest BCUT2D eigenvalue weighted by atomic mass is 16.5. The topological polar surface area (TPSA) is 41.6 Å². The summed E-state index contributed by atoms with van der Waals surface area (Å²) in [6.45, 7) is 5.10. The van der Waals surface area contributed by atoms with Gasteiger partial charge in [0, 0.05) is 31.4 Å². The van der Waals surface area contributed by atoms with Gasteiger partial charge in [-0.1, -0.05) is 6.07 Å². The number of carbonyl (C=O) groups is 1. The highest BCUT2D eigenvalue weighted by Crippen LogP contribution is 2.20. The minimum Gasteiger partial charge on any atom is -0.465 e. The van der Waals surface area contributed by atoms with Gasteiger partial charge in [0.15, 0.2) is 0 Å². The van der Waals surface area contributed by atoms with Crippen LogP contribution in [0.15, 0.2) is 24.3 Å². The second-order valence-corrected chi connectivity index (χ2v) is 4.29. The molecule has 0 unspecified atom stereocenters. The van der Waals surface area contributed by atoms with E-state index in [-0.39, 0.29) is 5.97 Å². The van der Waals surface area contributed by atoms with E-state index in [0.29, 0.717) is 11.6 Å². The summed E-state index contributed by atoms with van der Waals surface area (Å²) in [6, 6.07) is 8.05. The Morgan fingerprint density at radius 3 is 3.06 bits per heavy atom. The van der Waals surface area contributed by atoms with Crippen LogP contribution in [0, 0.1) is 0 Å². The smallest absolute Gasteiger partial charge is 0.337 e. The second kappa shape index (κ2) is 5.19. The number of methoxy groups -OCH3 is 1. The average molecular weight is 234 g/mol. The van der Waals surface area contributed by atoms with Crippen molar-refractivity contribution in [2.75, 3.05) is 31.6 Å². The molecule has 0 saturated carbocycles. The predicted molar refractivity (Wildman–Crippen MR) is 67.5 cm³/mol. The number of nitrogens with zero attached hydrogens (tertiary/aromatic N) is 1. The fourth-order valence-electron chi connectivity index (χ4n) is 2.15. The fourth-order valence-corrected chi connectivity index (χ4v) is 2.15. The Kier molecular flexibility index (Phi) is 3.64. The van der Waals surface area contributed by atoms with Crippen LogP contribution in [0.4, 0.5) is 5.69 Å². The summed E-state index contributed by atoms with van der Waals surface area (Å²) < 4.78 is 4.74. The molecule has 0 spiro atoms. The molecule has 1 aromatic rings. The summed E-state index contributed by atoms with van der Waals surface area (Å²) in [7, 11) is 1.41. The van der Waals surface area contributed by atoms with Gasteiger partial charge in [0.25, 0.3) is 0 Å². The van der Waals surface area contributed by atoms with Crippen LogP contribution in [0.3, 0.4) is 0 Å². The SMILES string of the molecule is COC(=O)c1cccc(N2CCNC[C@H]2C)c1. The number of anilines is 1. The zero-order valence-corrected chi connectivity index (χ0v) is 10.3. The van der Waals surface area contributed by atoms with Gasteiger partial charge < -0.3 is 15.0 Å². The van der Waals surface area contributed by atoms with E-state index in [0.717, 1.165) is 25.3 Å². The number of piperazine rings is 1. The molecule has 1 atom stereocenters. The van der Waals surface area contributed by atoms with E-state index in [2.05, 4.69) is 17.1 Å². The fraction of sp³-hybridized carbons (Fsp3) is 0.462. The zero-order valence-electron chi connectivity index (χ0n) is 10.3. The second-order valence-electron chi connectivity index (χ2n) is 4.29. The standard InChI is InChI=1S/C13H18N2O2/c1-10-9-14-6-7-15(10)12-5-3-4-11(8-12)13(16)17-2/h3-5,8,10,14H,6-7,9H2,1-2H3/t10-/m1/s1. The van der Waals surface area contributed by atoms with Gasteiger partial charge in [0.05, 0.1) is 12.7 Å². The van der Waals surface area contributed by atoms with Crippen LogP contribution < -0.4 is 10.2 Å². The monoisotopic (exact) mass is 234 g/mol. The van der Waals surface area contributed by atoms with Crippen LogP contribution in [0.5, 0.6) is 0 Å². The van der Waals surface area contributed by atoms with Crippen molar-refractivity contribution in [3.63, 3.8) is 0 Å². The number of ether oxygens (including phenoxy) is 1. The summed E-state index contributed by atoms with van der Waals surface area (Å²) in [4.78, 5) is 13.8. The number of esters is 1. The normalized spacial score (nSPS) is 20.1.